The molecule has 0 spiro atoms. The molecule has 2 rings (SSSR count). The van der Waals surface area contributed by atoms with Crippen LogP contribution >= 0.6 is 0 Å². The molecule has 0 aliphatic carbocycles. The van der Waals surface area contributed by atoms with Gasteiger partial charge in [0.2, 0.25) is 0 Å². The van der Waals surface area contributed by atoms with Gasteiger partial charge in [-0.1, -0.05) is 6.07 Å². The molecule has 0 unspecified atom stereocenters. The SMILES string of the molecule is Cc1nccn1CCOc1ccc([C@@H](C)O)cc1F. The zero-order chi connectivity index (χ0) is 13.8. The molecule has 0 aliphatic heterocycles. The zero-order valence-corrected chi connectivity index (χ0v) is 11.0. The largest absolute Gasteiger partial charge is 0.489 e. The van der Waals surface area contributed by atoms with E-state index >= 15 is 0 Å². The van der Waals surface area contributed by atoms with Gasteiger partial charge < -0.3 is 14.4 Å². The molecule has 0 saturated carbocycles. The van der Waals surface area contributed by atoms with E-state index in [1.54, 1.807) is 19.2 Å². The summed E-state index contributed by atoms with van der Waals surface area (Å²) < 4.78 is 21.0. The summed E-state index contributed by atoms with van der Waals surface area (Å²) in [5, 5.41) is 9.35. The van der Waals surface area contributed by atoms with Crippen LogP contribution in [-0.2, 0) is 6.54 Å². The fourth-order valence-electron chi connectivity index (χ4n) is 1.79. The van der Waals surface area contributed by atoms with E-state index in [0.717, 1.165) is 5.82 Å². The molecule has 0 saturated heterocycles. The highest BCUT2D eigenvalue weighted by molar-refractivity contribution is 5.30. The normalized spacial score (nSPS) is 12.4. The Morgan fingerprint density at radius 3 is 2.84 bits per heavy atom. The Morgan fingerprint density at radius 1 is 1.47 bits per heavy atom. The van der Waals surface area contributed by atoms with Crippen LogP contribution in [0, 0.1) is 12.7 Å². The second kappa shape index (κ2) is 5.84. The molecule has 1 aromatic carbocycles. The molecule has 0 amide bonds. The number of halogens is 1. The van der Waals surface area contributed by atoms with Crippen LogP contribution < -0.4 is 4.74 Å². The molecule has 19 heavy (non-hydrogen) atoms. The van der Waals surface area contributed by atoms with Crippen LogP contribution in [0.3, 0.4) is 0 Å². The Kier molecular flexibility index (Phi) is 4.16. The van der Waals surface area contributed by atoms with Crippen LogP contribution in [0.2, 0.25) is 0 Å². The van der Waals surface area contributed by atoms with Crippen molar-refractivity contribution in [2.45, 2.75) is 26.5 Å². The first kappa shape index (κ1) is 13.5. The Balaban J connectivity index is 1.95. The van der Waals surface area contributed by atoms with E-state index in [1.807, 2.05) is 17.7 Å². The average molecular weight is 264 g/mol. The summed E-state index contributed by atoms with van der Waals surface area (Å²) in [5.74, 6) is 0.636. The molecule has 1 atom stereocenters. The van der Waals surface area contributed by atoms with E-state index in [2.05, 4.69) is 4.98 Å². The fourth-order valence-corrected chi connectivity index (χ4v) is 1.79. The van der Waals surface area contributed by atoms with E-state index < -0.39 is 11.9 Å². The van der Waals surface area contributed by atoms with E-state index in [-0.39, 0.29) is 5.75 Å². The number of ether oxygens (including phenoxy) is 1. The molecular formula is C14H17FN2O2. The van der Waals surface area contributed by atoms with E-state index in [9.17, 15) is 9.50 Å². The van der Waals surface area contributed by atoms with Crippen molar-refractivity contribution in [2.24, 2.45) is 0 Å². The Hall–Kier alpha value is -1.88. The third kappa shape index (κ3) is 3.32. The van der Waals surface area contributed by atoms with Crippen LogP contribution in [0.4, 0.5) is 4.39 Å². The highest BCUT2D eigenvalue weighted by atomic mass is 19.1. The quantitative estimate of drug-likeness (QED) is 0.902. The highest BCUT2D eigenvalue weighted by Gasteiger charge is 2.08. The summed E-state index contributed by atoms with van der Waals surface area (Å²) in [6.45, 7) is 4.47. The predicted molar refractivity (Wildman–Crippen MR) is 69.5 cm³/mol. The van der Waals surface area contributed by atoms with Crippen molar-refractivity contribution in [3.63, 3.8) is 0 Å². The van der Waals surface area contributed by atoms with Crippen LogP contribution in [0.25, 0.3) is 0 Å². The molecule has 1 aromatic heterocycles. The van der Waals surface area contributed by atoms with Crippen molar-refractivity contribution < 1.29 is 14.2 Å². The van der Waals surface area contributed by atoms with Crippen LogP contribution in [0.5, 0.6) is 5.75 Å². The number of rotatable bonds is 5. The molecular weight excluding hydrogens is 247 g/mol. The smallest absolute Gasteiger partial charge is 0.165 e. The average Bonchev–Trinajstić information content (AvgIpc) is 2.77. The maximum Gasteiger partial charge on any atom is 0.165 e. The van der Waals surface area contributed by atoms with Crippen molar-refractivity contribution in [2.75, 3.05) is 6.61 Å². The van der Waals surface area contributed by atoms with Crippen LogP contribution in [0.15, 0.2) is 30.6 Å². The highest BCUT2D eigenvalue weighted by Crippen LogP contribution is 2.21. The first-order chi connectivity index (χ1) is 9.08. The van der Waals surface area contributed by atoms with Gasteiger partial charge in [0.25, 0.3) is 0 Å². The number of nitrogens with zero attached hydrogens (tertiary/aromatic N) is 2. The molecule has 0 fully saturated rings. The molecule has 0 bridgehead atoms. The minimum absolute atomic E-state index is 0.196. The van der Waals surface area contributed by atoms with Crippen molar-refractivity contribution in [3.05, 3.63) is 47.8 Å². The number of aliphatic hydroxyl groups is 1. The number of imidazole rings is 1. The van der Waals surface area contributed by atoms with Gasteiger partial charge >= 0.3 is 0 Å². The third-order valence-corrected chi connectivity index (χ3v) is 2.95. The minimum Gasteiger partial charge on any atom is -0.489 e. The van der Waals surface area contributed by atoms with Gasteiger partial charge in [0, 0.05) is 12.4 Å². The van der Waals surface area contributed by atoms with Gasteiger partial charge in [0.05, 0.1) is 12.6 Å². The van der Waals surface area contributed by atoms with Gasteiger partial charge in [0.1, 0.15) is 12.4 Å². The lowest BCUT2D eigenvalue weighted by Gasteiger charge is -2.11. The Morgan fingerprint density at radius 2 is 2.26 bits per heavy atom. The Bertz CT molecular complexity index is 552. The first-order valence-corrected chi connectivity index (χ1v) is 6.16. The van der Waals surface area contributed by atoms with Gasteiger partial charge in [-0.3, -0.25) is 0 Å². The lowest BCUT2D eigenvalue weighted by atomic mass is 10.1. The van der Waals surface area contributed by atoms with Gasteiger partial charge in [-0.05, 0) is 31.5 Å². The topological polar surface area (TPSA) is 47.3 Å². The standard InChI is InChI=1S/C14H17FN2O2/c1-10(18)12-3-4-14(13(15)9-12)19-8-7-17-6-5-16-11(17)2/h3-6,9-10,18H,7-8H2,1-2H3/t10-/m1/s1. The molecule has 2 aromatic rings. The van der Waals surface area contributed by atoms with E-state index in [1.165, 1.54) is 12.1 Å². The van der Waals surface area contributed by atoms with Crippen molar-refractivity contribution in [3.8, 4) is 5.75 Å². The lowest BCUT2D eigenvalue weighted by Crippen LogP contribution is -2.09. The molecule has 0 radical (unpaired) electrons. The number of hydrogen-bond acceptors (Lipinski definition) is 3. The van der Waals surface area contributed by atoms with E-state index in [0.29, 0.717) is 18.7 Å². The number of benzene rings is 1. The van der Waals surface area contributed by atoms with E-state index in [4.69, 9.17) is 4.74 Å². The van der Waals surface area contributed by atoms with Crippen LogP contribution in [0.1, 0.15) is 24.4 Å². The number of aliphatic hydroxyl groups excluding tert-OH is 1. The first-order valence-electron chi connectivity index (χ1n) is 6.16. The lowest BCUT2D eigenvalue weighted by molar-refractivity contribution is 0.198. The number of aryl methyl sites for hydroxylation is 1. The molecule has 1 N–H and O–H groups in total. The zero-order valence-electron chi connectivity index (χ0n) is 11.0. The molecule has 0 aliphatic rings. The number of hydrogen-bond donors (Lipinski definition) is 1. The maximum atomic E-state index is 13.7. The summed E-state index contributed by atoms with van der Waals surface area (Å²) in [6, 6.07) is 4.49. The second-order valence-electron chi connectivity index (χ2n) is 4.38. The second-order valence-corrected chi connectivity index (χ2v) is 4.38. The van der Waals surface area contributed by atoms with Crippen molar-refractivity contribution in [1.29, 1.82) is 0 Å². The molecule has 102 valence electrons. The molecule has 1 heterocycles. The summed E-state index contributed by atoms with van der Waals surface area (Å²) in [7, 11) is 0. The molecule has 4 nitrogen and oxygen atoms in total. The third-order valence-electron chi connectivity index (χ3n) is 2.95. The Labute approximate surface area is 111 Å². The monoisotopic (exact) mass is 264 g/mol. The summed E-state index contributed by atoms with van der Waals surface area (Å²) in [6.07, 6.45) is 2.89. The summed E-state index contributed by atoms with van der Waals surface area (Å²) in [4.78, 5) is 4.10. The van der Waals surface area contributed by atoms with Crippen molar-refractivity contribution in [1.82, 2.24) is 9.55 Å². The number of aromatic nitrogens is 2. The van der Waals surface area contributed by atoms with Gasteiger partial charge in [-0.15, -0.1) is 0 Å². The van der Waals surface area contributed by atoms with Gasteiger partial charge in [-0.2, -0.15) is 0 Å². The summed E-state index contributed by atoms with van der Waals surface area (Å²) in [5.41, 5.74) is 0.537. The maximum absolute atomic E-state index is 13.7. The van der Waals surface area contributed by atoms with Crippen molar-refractivity contribution >= 4 is 0 Å². The molecule has 5 heteroatoms. The van der Waals surface area contributed by atoms with Crippen LogP contribution in [-0.4, -0.2) is 21.3 Å². The minimum atomic E-state index is -0.683. The summed E-state index contributed by atoms with van der Waals surface area (Å²) >= 11 is 0. The van der Waals surface area contributed by atoms with Gasteiger partial charge in [0.15, 0.2) is 11.6 Å². The fraction of sp³-hybridized carbons (Fsp3) is 0.357. The predicted octanol–water partition coefficient (Wildman–Crippen LogP) is 2.46. The van der Waals surface area contributed by atoms with Gasteiger partial charge in [-0.25, -0.2) is 9.37 Å².